The van der Waals surface area contributed by atoms with Crippen LogP contribution in [0.1, 0.15) is 32.8 Å². The summed E-state index contributed by atoms with van der Waals surface area (Å²) >= 11 is 0. The van der Waals surface area contributed by atoms with E-state index >= 15 is 0 Å². The quantitative estimate of drug-likeness (QED) is 0.734. The van der Waals surface area contributed by atoms with Crippen molar-refractivity contribution < 1.29 is 9.13 Å². The lowest BCUT2D eigenvalue weighted by atomic mass is 9.83. The molecule has 84 valence electrons. The Kier molecular flexibility index (Phi) is 3.72. The van der Waals surface area contributed by atoms with Crippen molar-refractivity contribution in [3.8, 4) is 5.75 Å². The molecule has 0 N–H and O–H groups in total. The maximum absolute atomic E-state index is 13.6. The fourth-order valence-electron chi connectivity index (χ4n) is 1.44. The molecule has 0 bridgehead atoms. The van der Waals surface area contributed by atoms with E-state index in [0.717, 1.165) is 18.4 Å². The Balaban J connectivity index is 2.87. The lowest BCUT2D eigenvalue weighted by Crippen LogP contribution is -2.14. The first-order chi connectivity index (χ1) is 6.98. The second-order valence-electron chi connectivity index (χ2n) is 4.65. The van der Waals surface area contributed by atoms with Gasteiger partial charge < -0.3 is 4.74 Å². The third kappa shape index (κ3) is 3.22. The fourth-order valence-corrected chi connectivity index (χ4v) is 1.44. The van der Waals surface area contributed by atoms with Gasteiger partial charge >= 0.3 is 0 Å². The van der Waals surface area contributed by atoms with Crippen LogP contribution in [-0.4, -0.2) is 7.11 Å². The van der Waals surface area contributed by atoms with Gasteiger partial charge in [-0.2, -0.15) is 0 Å². The summed E-state index contributed by atoms with van der Waals surface area (Å²) in [6, 6.07) is 5.07. The Labute approximate surface area is 91.3 Å². The second kappa shape index (κ2) is 4.65. The van der Waals surface area contributed by atoms with Crippen molar-refractivity contribution in [2.45, 2.75) is 33.6 Å². The van der Waals surface area contributed by atoms with Gasteiger partial charge in [-0.25, -0.2) is 4.39 Å². The highest BCUT2D eigenvalue weighted by molar-refractivity contribution is 5.29. The van der Waals surface area contributed by atoms with E-state index in [1.165, 1.54) is 6.07 Å². The maximum Gasteiger partial charge on any atom is 0.130 e. The molecule has 0 heterocycles. The van der Waals surface area contributed by atoms with E-state index in [0.29, 0.717) is 5.75 Å². The Morgan fingerprint density at radius 2 is 2.00 bits per heavy atom. The van der Waals surface area contributed by atoms with Gasteiger partial charge in [0.05, 0.1) is 7.11 Å². The average Bonchev–Trinajstić information content (AvgIpc) is 2.21. The molecule has 0 atom stereocenters. The minimum absolute atomic E-state index is 0.148. The summed E-state index contributed by atoms with van der Waals surface area (Å²) in [4.78, 5) is 0. The molecule has 0 aliphatic heterocycles. The molecule has 0 aliphatic carbocycles. The Morgan fingerprint density at radius 3 is 2.47 bits per heavy atom. The number of methoxy groups -OCH3 is 1. The van der Waals surface area contributed by atoms with Crippen molar-refractivity contribution in [3.05, 3.63) is 29.6 Å². The Hall–Kier alpha value is -1.05. The van der Waals surface area contributed by atoms with E-state index in [4.69, 9.17) is 4.74 Å². The van der Waals surface area contributed by atoms with Gasteiger partial charge in [-0.15, -0.1) is 0 Å². The van der Waals surface area contributed by atoms with Crippen molar-refractivity contribution in [1.82, 2.24) is 0 Å². The van der Waals surface area contributed by atoms with Gasteiger partial charge in [0.25, 0.3) is 0 Å². The highest BCUT2D eigenvalue weighted by Crippen LogP contribution is 2.27. The third-order valence-electron chi connectivity index (χ3n) is 2.89. The molecule has 0 unspecified atom stereocenters. The summed E-state index contributed by atoms with van der Waals surface area (Å²) in [5, 5.41) is 0. The first-order valence-electron chi connectivity index (χ1n) is 5.31. The van der Waals surface area contributed by atoms with Crippen molar-refractivity contribution >= 4 is 0 Å². The highest BCUT2D eigenvalue weighted by atomic mass is 19.1. The standard InChI is InChI=1S/C13H19FO/c1-5-13(2,3)9-10-6-7-11(15-4)8-12(10)14/h6-8H,5,9H2,1-4H3. The largest absolute Gasteiger partial charge is 0.497 e. The molecule has 0 radical (unpaired) electrons. The molecule has 1 rings (SSSR count). The van der Waals surface area contributed by atoms with E-state index in [1.807, 2.05) is 12.1 Å². The van der Waals surface area contributed by atoms with Crippen LogP contribution in [0, 0.1) is 11.2 Å². The van der Waals surface area contributed by atoms with Gasteiger partial charge in [-0.3, -0.25) is 0 Å². The van der Waals surface area contributed by atoms with E-state index in [9.17, 15) is 4.39 Å². The Morgan fingerprint density at radius 1 is 1.33 bits per heavy atom. The van der Waals surface area contributed by atoms with Crippen LogP contribution < -0.4 is 4.74 Å². The summed E-state index contributed by atoms with van der Waals surface area (Å²) in [5.74, 6) is 0.404. The smallest absolute Gasteiger partial charge is 0.130 e. The molecule has 0 aromatic heterocycles. The maximum atomic E-state index is 13.6. The molecule has 1 nitrogen and oxygen atoms in total. The van der Waals surface area contributed by atoms with Crippen LogP contribution in [0.2, 0.25) is 0 Å². The first kappa shape index (κ1) is 12.0. The number of ether oxygens (including phenoxy) is 1. The molecular weight excluding hydrogens is 191 g/mol. The van der Waals surface area contributed by atoms with Gasteiger partial charge in [-0.05, 0) is 23.5 Å². The van der Waals surface area contributed by atoms with Crippen LogP contribution in [0.25, 0.3) is 0 Å². The van der Waals surface area contributed by atoms with Gasteiger partial charge in [0.15, 0.2) is 0 Å². The van der Waals surface area contributed by atoms with Crippen molar-refractivity contribution in [2.24, 2.45) is 5.41 Å². The summed E-state index contributed by atoms with van der Waals surface area (Å²) in [5.41, 5.74) is 0.915. The zero-order valence-electron chi connectivity index (χ0n) is 9.93. The van der Waals surface area contributed by atoms with E-state index in [2.05, 4.69) is 20.8 Å². The van der Waals surface area contributed by atoms with Crippen LogP contribution in [0.4, 0.5) is 4.39 Å². The molecule has 0 saturated carbocycles. The average molecular weight is 210 g/mol. The summed E-state index contributed by atoms with van der Waals surface area (Å²) < 4.78 is 18.6. The molecule has 0 aliphatic rings. The third-order valence-corrected chi connectivity index (χ3v) is 2.89. The molecule has 2 heteroatoms. The van der Waals surface area contributed by atoms with E-state index in [1.54, 1.807) is 7.11 Å². The van der Waals surface area contributed by atoms with Crippen molar-refractivity contribution in [2.75, 3.05) is 7.11 Å². The minimum atomic E-state index is -0.170. The van der Waals surface area contributed by atoms with E-state index < -0.39 is 0 Å². The van der Waals surface area contributed by atoms with Gasteiger partial charge in [-0.1, -0.05) is 33.3 Å². The lowest BCUT2D eigenvalue weighted by Gasteiger charge is -2.22. The molecule has 15 heavy (non-hydrogen) atoms. The second-order valence-corrected chi connectivity index (χ2v) is 4.65. The number of halogens is 1. The predicted molar refractivity (Wildman–Crippen MR) is 60.7 cm³/mol. The van der Waals surface area contributed by atoms with Gasteiger partial charge in [0, 0.05) is 6.07 Å². The molecule has 1 aromatic rings. The zero-order valence-corrected chi connectivity index (χ0v) is 9.93. The zero-order chi connectivity index (χ0) is 11.5. The molecule has 0 saturated heterocycles. The van der Waals surface area contributed by atoms with Crippen LogP contribution in [-0.2, 0) is 6.42 Å². The summed E-state index contributed by atoms with van der Waals surface area (Å²) in [6.45, 7) is 6.43. The molecular formula is C13H19FO. The molecule has 0 amide bonds. The van der Waals surface area contributed by atoms with Crippen LogP contribution in [0.3, 0.4) is 0 Å². The van der Waals surface area contributed by atoms with Crippen molar-refractivity contribution in [3.63, 3.8) is 0 Å². The topological polar surface area (TPSA) is 9.23 Å². The highest BCUT2D eigenvalue weighted by Gasteiger charge is 2.18. The molecule has 1 aromatic carbocycles. The number of benzene rings is 1. The summed E-state index contributed by atoms with van der Waals surface area (Å²) in [6.07, 6.45) is 1.80. The molecule has 0 spiro atoms. The Bertz CT molecular complexity index is 331. The van der Waals surface area contributed by atoms with Crippen LogP contribution in [0.5, 0.6) is 5.75 Å². The fraction of sp³-hybridized carbons (Fsp3) is 0.538. The van der Waals surface area contributed by atoms with Crippen LogP contribution >= 0.6 is 0 Å². The number of hydrogen-bond donors (Lipinski definition) is 0. The lowest BCUT2D eigenvalue weighted by molar-refractivity contribution is 0.342. The minimum Gasteiger partial charge on any atom is -0.497 e. The van der Waals surface area contributed by atoms with Crippen LogP contribution in [0.15, 0.2) is 18.2 Å². The molecule has 0 fully saturated rings. The van der Waals surface area contributed by atoms with Crippen molar-refractivity contribution in [1.29, 1.82) is 0 Å². The number of rotatable bonds is 4. The van der Waals surface area contributed by atoms with E-state index in [-0.39, 0.29) is 11.2 Å². The monoisotopic (exact) mass is 210 g/mol. The van der Waals surface area contributed by atoms with Gasteiger partial charge in [0.1, 0.15) is 11.6 Å². The van der Waals surface area contributed by atoms with Gasteiger partial charge in [0.2, 0.25) is 0 Å². The predicted octanol–water partition coefficient (Wildman–Crippen LogP) is 3.81. The summed E-state index contributed by atoms with van der Waals surface area (Å²) in [7, 11) is 1.55. The number of hydrogen-bond acceptors (Lipinski definition) is 1. The SMILES string of the molecule is CCC(C)(C)Cc1ccc(OC)cc1F. The first-order valence-corrected chi connectivity index (χ1v) is 5.31. The normalized spacial score (nSPS) is 11.5.